The van der Waals surface area contributed by atoms with E-state index in [0.717, 1.165) is 24.8 Å². The molecule has 0 aromatic heterocycles. The predicted octanol–water partition coefficient (Wildman–Crippen LogP) is 3.16. The van der Waals surface area contributed by atoms with Crippen LogP contribution in [-0.2, 0) is 10.0 Å². The van der Waals surface area contributed by atoms with Gasteiger partial charge < -0.3 is 0 Å². The summed E-state index contributed by atoms with van der Waals surface area (Å²) >= 11 is 0. The summed E-state index contributed by atoms with van der Waals surface area (Å²) in [6.07, 6.45) is 6.60. The van der Waals surface area contributed by atoms with Crippen LogP contribution in [0.3, 0.4) is 0 Å². The minimum absolute atomic E-state index is 0.119. The van der Waals surface area contributed by atoms with Gasteiger partial charge in [-0.2, -0.15) is 0 Å². The zero-order chi connectivity index (χ0) is 13.9. The molecule has 1 aromatic carbocycles. The summed E-state index contributed by atoms with van der Waals surface area (Å²) in [5.41, 5.74) is 2.27. The fourth-order valence-electron chi connectivity index (χ4n) is 2.35. The van der Waals surface area contributed by atoms with E-state index in [0.29, 0.717) is 4.90 Å². The summed E-state index contributed by atoms with van der Waals surface area (Å²) in [5, 5.41) is 0. The van der Waals surface area contributed by atoms with Crippen molar-refractivity contribution in [3.05, 3.63) is 41.5 Å². The normalized spacial score (nSPS) is 17.9. The third-order valence-electron chi connectivity index (χ3n) is 3.55. The Labute approximate surface area is 115 Å². The van der Waals surface area contributed by atoms with E-state index in [9.17, 15) is 8.42 Å². The Bertz CT molecular complexity index is 558. The lowest BCUT2D eigenvalue weighted by Gasteiger charge is -2.20. The lowest BCUT2D eigenvalue weighted by Crippen LogP contribution is -2.34. The van der Waals surface area contributed by atoms with Gasteiger partial charge in [0.25, 0.3) is 0 Å². The largest absolute Gasteiger partial charge is 0.241 e. The van der Waals surface area contributed by atoms with Gasteiger partial charge in [-0.3, -0.25) is 0 Å². The second kappa shape index (κ2) is 5.88. The molecule has 4 heteroatoms. The Morgan fingerprint density at radius 2 is 1.84 bits per heavy atom. The van der Waals surface area contributed by atoms with Crippen molar-refractivity contribution in [1.29, 1.82) is 0 Å². The molecular formula is C15H21NO2S. The second-order valence-electron chi connectivity index (χ2n) is 5.18. The average molecular weight is 279 g/mol. The van der Waals surface area contributed by atoms with Gasteiger partial charge in [-0.15, -0.1) is 0 Å². The smallest absolute Gasteiger partial charge is 0.207 e. The molecule has 0 spiro atoms. The Kier molecular flexibility index (Phi) is 4.42. The molecule has 0 unspecified atom stereocenters. The van der Waals surface area contributed by atoms with Gasteiger partial charge in [-0.1, -0.05) is 29.3 Å². The van der Waals surface area contributed by atoms with E-state index < -0.39 is 10.0 Å². The zero-order valence-electron chi connectivity index (χ0n) is 11.5. The van der Waals surface area contributed by atoms with Crippen LogP contribution in [0.4, 0.5) is 0 Å². The van der Waals surface area contributed by atoms with Crippen molar-refractivity contribution in [1.82, 2.24) is 4.72 Å². The number of hydrogen-bond acceptors (Lipinski definition) is 2. The number of benzene rings is 1. The fourth-order valence-corrected chi connectivity index (χ4v) is 3.60. The number of rotatable bonds is 4. The quantitative estimate of drug-likeness (QED) is 0.861. The molecule has 1 aliphatic carbocycles. The van der Waals surface area contributed by atoms with Gasteiger partial charge in [0.05, 0.1) is 4.90 Å². The van der Waals surface area contributed by atoms with Crippen molar-refractivity contribution in [2.45, 2.75) is 50.5 Å². The molecule has 0 amide bonds. The van der Waals surface area contributed by atoms with E-state index in [1.165, 1.54) is 12.0 Å². The topological polar surface area (TPSA) is 46.2 Å². The third-order valence-corrected chi connectivity index (χ3v) is 5.10. The Morgan fingerprint density at radius 3 is 2.42 bits per heavy atom. The first kappa shape index (κ1) is 14.3. The number of hydrogen-bond donors (Lipinski definition) is 1. The standard InChI is InChI=1S/C15H21NO2S/c1-12-8-10-15(11-9-12)19(17,18)16-13(2)14-6-4-3-5-7-14/h6,8-11,13,16H,3-5,7H2,1-2H3/t13-/m1/s1. The van der Waals surface area contributed by atoms with Crippen molar-refractivity contribution in [2.75, 3.05) is 0 Å². The van der Waals surface area contributed by atoms with Gasteiger partial charge in [-0.05, 0) is 51.7 Å². The molecule has 1 atom stereocenters. The Hall–Kier alpha value is -1.13. The maximum atomic E-state index is 12.3. The van der Waals surface area contributed by atoms with Crippen LogP contribution in [0.25, 0.3) is 0 Å². The fraction of sp³-hybridized carbons (Fsp3) is 0.467. The van der Waals surface area contributed by atoms with Crippen LogP contribution >= 0.6 is 0 Å². The molecular weight excluding hydrogens is 258 g/mol. The molecule has 0 fully saturated rings. The van der Waals surface area contributed by atoms with E-state index in [1.54, 1.807) is 12.1 Å². The highest BCUT2D eigenvalue weighted by Crippen LogP contribution is 2.21. The van der Waals surface area contributed by atoms with Gasteiger partial charge in [0.15, 0.2) is 0 Å². The van der Waals surface area contributed by atoms with Crippen LogP contribution in [-0.4, -0.2) is 14.5 Å². The van der Waals surface area contributed by atoms with Crippen molar-refractivity contribution in [3.8, 4) is 0 Å². The van der Waals surface area contributed by atoms with Crippen LogP contribution in [0.5, 0.6) is 0 Å². The molecule has 0 radical (unpaired) electrons. The summed E-state index contributed by atoms with van der Waals surface area (Å²) in [7, 11) is -3.42. The summed E-state index contributed by atoms with van der Waals surface area (Å²) in [6, 6.07) is 6.82. The van der Waals surface area contributed by atoms with Gasteiger partial charge in [0.1, 0.15) is 0 Å². The molecule has 104 valence electrons. The van der Waals surface area contributed by atoms with Crippen LogP contribution in [0, 0.1) is 6.92 Å². The third kappa shape index (κ3) is 3.67. The van der Waals surface area contributed by atoms with E-state index in [-0.39, 0.29) is 6.04 Å². The van der Waals surface area contributed by atoms with Crippen molar-refractivity contribution >= 4 is 10.0 Å². The van der Waals surface area contributed by atoms with Gasteiger partial charge in [0.2, 0.25) is 10.0 Å². The predicted molar refractivity (Wildman–Crippen MR) is 77.5 cm³/mol. The molecule has 1 aromatic rings. The maximum absolute atomic E-state index is 12.3. The minimum atomic E-state index is -3.42. The summed E-state index contributed by atoms with van der Waals surface area (Å²) in [6.45, 7) is 3.86. The first-order valence-electron chi connectivity index (χ1n) is 6.77. The number of nitrogens with one attached hydrogen (secondary N) is 1. The number of sulfonamides is 1. The molecule has 0 saturated heterocycles. The van der Waals surface area contributed by atoms with Crippen molar-refractivity contribution in [2.24, 2.45) is 0 Å². The molecule has 2 rings (SSSR count). The summed E-state index contributed by atoms with van der Waals surface area (Å²) in [4.78, 5) is 0.335. The lowest BCUT2D eigenvalue weighted by molar-refractivity contribution is 0.563. The molecule has 0 heterocycles. The molecule has 1 N–H and O–H groups in total. The highest BCUT2D eigenvalue weighted by molar-refractivity contribution is 7.89. The van der Waals surface area contributed by atoms with Crippen LogP contribution in [0.1, 0.15) is 38.2 Å². The van der Waals surface area contributed by atoms with E-state index in [2.05, 4.69) is 10.8 Å². The van der Waals surface area contributed by atoms with Crippen LogP contribution in [0.15, 0.2) is 40.8 Å². The van der Waals surface area contributed by atoms with Gasteiger partial charge in [-0.25, -0.2) is 13.1 Å². The molecule has 19 heavy (non-hydrogen) atoms. The SMILES string of the molecule is Cc1ccc(S(=O)(=O)N[C@H](C)C2=CCCCC2)cc1. The average Bonchev–Trinajstić information content (AvgIpc) is 2.40. The number of allylic oxidation sites excluding steroid dienone is 1. The molecule has 0 saturated carbocycles. The highest BCUT2D eigenvalue weighted by Gasteiger charge is 2.20. The molecule has 3 nitrogen and oxygen atoms in total. The van der Waals surface area contributed by atoms with Gasteiger partial charge >= 0.3 is 0 Å². The highest BCUT2D eigenvalue weighted by atomic mass is 32.2. The van der Waals surface area contributed by atoms with E-state index in [1.807, 2.05) is 26.0 Å². The number of aryl methyl sites for hydroxylation is 1. The maximum Gasteiger partial charge on any atom is 0.241 e. The molecule has 0 bridgehead atoms. The monoisotopic (exact) mass is 279 g/mol. The lowest BCUT2D eigenvalue weighted by atomic mass is 9.95. The Morgan fingerprint density at radius 1 is 1.16 bits per heavy atom. The van der Waals surface area contributed by atoms with Crippen LogP contribution < -0.4 is 4.72 Å². The first-order valence-corrected chi connectivity index (χ1v) is 8.25. The minimum Gasteiger partial charge on any atom is -0.207 e. The van der Waals surface area contributed by atoms with Crippen molar-refractivity contribution < 1.29 is 8.42 Å². The zero-order valence-corrected chi connectivity index (χ0v) is 12.3. The van der Waals surface area contributed by atoms with E-state index in [4.69, 9.17) is 0 Å². The first-order chi connectivity index (χ1) is 8.99. The van der Waals surface area contributed by atoms with Crippen molar-refractivity contribution in [3.63, 3.8) is 0 Å². The molecule has 1 aliphatic rings. The Balaban J connectivity index is 2.12. The summed E-state index contributed by atoms with van der Waals surface area (Å²) < 4.78 is 27.3. The molecule has 0 aliphatic heterocycles. The van der Waals surface area contributed by atoms with Crippen LogP contribution in [0.2, 0.25) is 0 Å². The summed E-state index contributed by atoms with van der Waals surface area (Å²) in [5.74, 6) is 0. The van der Waals surface area contributed by atoms with Gasteiger partial charge in [0, 0.05) is 6.04 Å². The van der Waals surface area contributed by atoms with E-state index >= 15 is 0 Å². The second-order valence-corrected chi connectivity index (χ2v) is 6.89.